The van der Waals surface area contributed by atoms with Gasteiger partial charge in [0, 0.05) is 22.1 Å². The van der Waals surface area contributed by atoms with E-state index >= 15 is 4.39 Å². The Hall–Kier alpha value is -3.37. The lowest BCUT2D eigenvalue weighted by Crippen LogP contribution is -1.89. The Bertz CT molecular complexity index is 1300. The normalized spacial score (nSPS) is 10.8. The molecule has 0 aliphatic carbocycles. The quantitative estimate of drug-likeness (QED) is 0.172. The van der Waals surface area contributed by atoms with Crippen molar-refractivity contribution in [1.82, 2.24) is 0 Å². The molecule has 0 amide bonds. The van der Waals surface area contributed by atoms with Crippen LogP contribution in [0.3, 0.4) is 0 Å². The molecule has 0 heterocycles. The van der Waals surface area contributed by atoms with Gasteiger partial charge in [-0.3, -0.25) is 0 Å². The molecule has 0 fully saturated rings. The summed E-state index contributed by atoms with van der Waals surface area (Å²) in [5.41, 5.74) is 6.13. The highest BCUT2D eigenvalue weighted by Crippen LogP contribution is 2.30. The summed E-state index contributed by atoms with van der Waals surface area (Å²) in [6.07, 6.45) is 9.82. The molecule has 1 heteroatoms. The van der Waals surface area contributed by atoms with E-state index in [1.165, 1.54) is 43.2 Å². The maximum absolute atomic E-state index is 15.3. The Balaban J connectivity index is 1.45. The summed E-state index contributed by atoms with van der Waals surface area (Å²) < 4.78 is 15.3. The van der Waals surface area contributed by atoms with Gasteiger partial charge in [-0.1, -0.05) is 112 Å². The Labute approximate surface area is 210 Å². The van der Waals surface area contributed by atoms with Crippen molar-refractivity contribution in [1.29, 1.82) is 0 Å². The molecule has 0 bridgehead atoms. The summed E-state index contributed by atoms with van der Waals surface area (Å²) in [6, 6.07) is 26.4. The predicted octanol–water partition coefficient (Wildman–Crippen LogP) is 9.51. The first kappa shape index (κ1) is 24.7. The van der Waals surface area contributed by atoms with Crippen LogP contribution in [-0.4, -0.2) is 0 Å². The Morgan fingerprint density at radius 3 is 2.00 bits per heavy atom. The summed E-state index contributed by atoms with van der Waals surface area (Å²) in [7, 11) is 0. The van der Waals surface area contributed by atoms with E-state index in [0.717, 1.165) is 41.3 Å². The van der Waals surface area contributed by atoms with Crippen LogP contribution in [0, 0.1) is 17.7 Å². The number of halogens is 1. The van der Waals surface area contributed by atoms with E-state index in [9.17, 15) is 0 Å². The predicted molar refractivity (Wildman–Crippen MR) is 148 cm³/mol. The molecule has 0 aromatic heterocycles. The largest absolute Gasteiger partial charge is 0.206 e. The molecule has 0 atom stereocenters. The molecule has 0 spiro atoms. The summed E-state index contributed by atoms with van der Waals surface area (Å²) >= 11 is 0. The van der Waals surface area contributed by atoms with Gasteiger partial charge >= 0.3 is 0 Å². The van der Waals surface area contributed by atoms with Gasteiger partial charge in [0.2, 0.25) is 0 Å². The van der Waals surface area contributed by atoms with Crippen LogP contribution in [-0.2, 0) is 12.8 Å². The number of hydrogen-bond donors (Lipinski definition) is 0. The van der Waals surface area contributed by atoms with Crippen LogP contribution in [0.4, 0.5) is 4.39 Å². The lowest BCUT2D eigenvalue weighted by molar-refractivity contribution is 0.632. The molecule has 0 saturated carbocycles. The van der Waals surface area contributed by atoms with E-state index in [1.807, 2.05) is 42.5 Å². The third-order valence-corrected chi connectivity index (χ3v) is 6.63. The Morgan fingerprint density at radius 1 is 0.600 bits per heavy atom. The van der Waals surface area contributed by atoms with Crippen LogP contribution in [0.25, 0.3) is 21.9 Å². The SMILES string of the molecule is CCCCCCCc1ccc(C#Cc2ccc3c(F)c(-c4ccc(CCC)cc4)ccc3c2)cc1. The number of benzene rings is 4. The second-order valence-corrected chi connectivity index (χ2v) is 9.42. The fourth-order valence-electron chi connectivity index (χ4n) is 4.56. The van der Waals surface area contributed by atoms with Gasteiger partial charge in [-0.15, -0.1) is 0 Å². The number of aryl methyl sites for hydroxylation is 2. The smallest absolute Gasteiger partial charge is 0.138 e. The van der Waals surface area contributed by atoms with E-state index in [0.29, 0.717) is 10.9 Å². The molecule has 0 nitrogen and oxygen atoms in total. The van der Waals surface area contributed by atoms with Crippen molar-refractivity contribution in [3.8, 4) is 23.0 Å². The average molecular weight is 463 g/mol. The zero-order valence-corrected chi connectivity index (χ0v) is 21.0. The molecule has 178 valence electrons. The minimum Gasteiger partial charge on any atom is -0.206 e. The fraction of sp³-hybridized carbons (Fsp3) is 0.294. The Kier molecular flexibility index (Phi) is 8.74. The first-order valence-corrected chi connectivity index (χ1v) is 13.1. The molecule has 0 aliphatic heterocycles. The molecule has 0 saturated heterocycles. The first-order valence-electron chi connectivity index (χ1n) is 13.1. The van der Waals surface area contributed by atoms with E-state index in [4.69, 9.17) is 0 Å². The maximum atomic E-state index is 15.3. The molecular weight excluding hydrogens is 427 g/mol. The van der Waals surface area contributed by atoms with E-state index < -0.39 is 0 Å². The monoisotopic (exact) mass is 462 g/mol. The molecule has 0 radical (unpaired) electrons. The van der Waals surface area contributed by atoms with E-state index in [1.54, 1.807) is 0 Å². The molecule has 4 aromatic rings. The fourth-order valence-corrected chi connectivity index (χ4v) is 4.56. The third kappa shape index (κ3) is 6.61. The second-order valence-electron chi connectivity index (χ2n) is 9.42. The van der Waals surface area contributed by atoms with Gasteiger partial charge in [0.15, 0.2) is 0 Å². The highest BCUT2D eigenvalue weighted by Gasteiger charge is 2.10. The standard InChI is InChI=1S/C34H35F/c1-3-5-6-7-8-10-27-11-13-28(14-12-27)15-16-29-19-23-33-31(25-29)22-24-32(34(33)35)30-20-17-26(9-4-2)18-21-30/h11-14,17-25H,3-10H2,1-2H3. The van der Waals surface area contributed by atoms with Crippen LogP contribution in [0.2, 0.25) is 0 Å². The number of fused-ring (bicyclic) bond motifs is 1. The van der Waals surface area contributed by atoms with E-state index in [2.05, 4.69) is 62.1 Å². The van der Waals surface area contributed by atoms with Crippen LogP contribution < -0.4 is 0 Å². The van der Waals surface area contributed by atoms with Gasteiger partial charge in [0.25, 0.3) is 0 Å². The van der Waals surface area contributed by atoms with Crippen molar-refractivity contribution in [3.63, 3.8) is 0 Å². The van der Waals surface area contributed by atoms with Gasteiger partial charge in [0.1, 0.15) is 5.82 Å². The summed E-state index contributed by atoms with van der Waals surface area (Å²) in [5, 5.41) is 1.51. The Morgan fingerprint density at radius 2 is 1.26 bits per heavy atom. The molecule has 0 aliphatic rings. The van der Waals surface area contributed by atoms with Crippen molar-refractivity contribution in [2.24, 2.45) is 0 Å². The van der Waals surface area contributed by atoms with Crippen LogP contribution in [0.1, 0.15) is 74.6 Å². The van der Waals surface area contributed by atoms with Gasteiger partial charge in [-0.2, -0.15) is 0 Å². The highest BCUT2D eigenvalue weighted by molar-refractivity contribution is 5.89. The van der Waals surface area contributed by atoms with Crippen LogP contribution >= 0.6 is 0 Å². The van der Waals surface area contributed by atoms with E-state index in [-0.39, 0.29) is 5.82 Å². The zero-order valence-electron chi connectivity index (χ0n) is 21.0. The van der Waals surface area contributed by atoms with Crippen molar-refractivity contribution in [2.45, 2.75) is 65.2 Å². The molecule has 35 heavy (non-hydrogen) atoms. The van der Waals surface area contributed by atoms with Gasteiger partial charge in [-0.05, 0) is 65.6 Å². The molecule has 0 unspecified atom stereocenters. The van der Waals surface area contributed by atoms with Crippen LogP contribution in [0.5, 0.6) is 0 Å². The zero-order chi connectivity index (χ0) is 24.5. The third-order valence-electron chi connectivity index (χ3n) is 6.63. The minimum absolute atomic E-state index is 0.171. The molecular formula is C34H35F. The molecule has 4 aromatic carbocycles. The summed E-state index contributed by atoms with van der Waals surface area (Å²) in [4.78, 5) is 0. The van der Waals surface area contributed by atoms with Gasteiger partial charge in [-0.25, -0.2) is 4.39 Å². The van der Waals surface area contributed by atoms with Gasteiger partial charge < -0.3 is 0 Å². The second kappa shape index (κ2) is 12.4. The first-order chi connectivity index (χ1) is 17.2. The van der Waals surface area contributed by atoms with Crippen molar-refractivity contribution < 1.29 is 4.39 Å². The van der Waals surface area contributed by atoms with Crippen molar-refractivity contribution in [2.75, 3.05) is 0 Å². The van der Waals surface area contributed by atoms with Gasteiger partial charge in [0.05, 0.1) is 0 Å². The average Bonchev–Trinajstić information content (AvgIpc) is 2.89. The molecule has 0 N–H and O–H groups in total. The summed E-state index contributed by atoms with van der Waals surface area (Å²) in [6.45, 7) is 4.42. The summed E-state index contributed by atoms with van der Waals surface area (Å²) in [5.74, 6) is 6.34. The number of hydrogen-bond acceptors (Lipinski definition) is 0. The maximum Gasteiger partial charge on any atom is 0.138 e. The topological polar surface area (TPSA) is 0 Å². The number of rotatable bonds is 9. The van der Waals surface area contributed by atoms with Crippen molar-refractivity contribution in [3.05, 3.63) is 107 Å². The minimum atomic E-state index is -0.171. The lowest BCUT2D eigenvalue weighted by atomic mass is 9.97. The van der Waals surface area contributed by atoms with Crippen molar-refractivity contribution >= 4 is 10.8 Å². The lowest BCUT2D eigenvalue weighted by Gasteiger charge is -2.08. The number of unbranched alkanes of at least 4 members (excludes halogenated alkanes) is 4. The molecule has 4 rings (SSSR count). The highest BCUT2D eigenvalue weighted by atomic mass is 19.1. The van der Waals surface area contributed by atoms with Crippen LogP contribution in [0.15, 0.2) is 78.9 Å².